The minimum atomic E-state index is -2.58. The number of nitrogens with zero attached hydrogens (tertiary/aromatic N) is 5. The first-order chi connectivity index (χ1) is 17.6. The number of rotatable bonds is 9. The lowest BCUT2D eigenvalue weighted by Gasteiger charge is -2.20. The molecule has 0 aliphatic rings. The van der Waals surface area contributed by atoms with E-state index < -0.39 is 41.4 Å². The van der Waals surface area contributed by atoms with E-state index in [1.807, 2.05) is 0 Å². The number of aromatic nitrogens is 4. The lowest BCUT2D eigenvalue weighted by molar-refractivity contribution is -0.390. The van der Waals surface area contributed by atoms with E-state index in [-0.39, 0.29) is 17.7 Å². The van der Waals surface area contributed by atoms with E-state index in [9.17, 15) is 27.7 Å². The zero-order valence-corrected chi connectivity index (χ0v) is 20.7. The highest BCUT2D eigenvalue weighted by molar-refractivity contribution is 9.10. The molecule has 192 valence electrons. The number of ether oxygens (including phenoxy) is 1. The van der Waals surface area contributed by atoms with Gasteiger partial charge in [-0.3, -0.25) is 9.67 Å². The number of hydrogen-bond acceptors (Lipinski definition) is 6. The molecular formula is C24H18BrF4N5O3. The molecule has 4 rings (SSSR count). The fraction of sp³-hybridized carbons (Fsp3) is 0.208. The van der Waals surface area contributed by atoms with Crippen molar-refractivity contribution in [1.29, 1.82) is 0 Å². The average Bonchev–Trinajstić information content (AvgIpc) is 3.26. The van der Waals surface area contributed by atoms with Crippen LogP contribution >= 0.6 is 15.9 Å². The highest BCUT2D eigenvalue weighted by atomic mass is 79.9. The van der Waals surface area contributed by atoms with Gasteiger partial charge in [-0.05, 0) is 62.1 Å². The Kier molecular flexibility index (Phi) is 7.81. The fourth-order valence-corrected chi connectivity index (χ4v) is 4.09. The summed E-state index contributed by atoms with van der Waals surface area (Å²) in [6, 6.07) is 6.39. The molecule has 37 heavy (non-hydrogen) atoms. The summed E-state index contributed by atoms with van der Waals surface area (Å²) in [6.07, 6.45) is 1.74. The minimum Gasteiger partial charge on any atom is -0.478 e. The number of nitro groups is 1. The van der Waals surface area contributed by atoms with Gasteiger partial charge in [0, 0.05) is 29.8 Å². The van der Waals surface area contributed by atoms with E-state index in [0.29, 0.717) is 26.9 Å². The van der Waals surface area contributed by atoms with E-state index in [4.69, 9.17) is 4.74 Å². The lowest BCUT2D eigenvalue weighted by Crippen LogP contribution is -2.09. The third-order valence-electron chi connectivity index (χ3n) is 5.34. The van der Waals surface area contributed by atoms with Gasteiger partial charge >= 0.3 is 5.82 Å². The molecule has 0 saturated heterocycles. The summed E-state index contributed by atoms with van der Waals surface area (Å²) < 4.78 is 61.4. The Balaban J connectivity index is 1.73. The normalized spacial score (nSPS) is 12.1. The van der Waals surface area contributed by atoms with Crippen molar-refractivity contribution in [2.45, 2.75) is 32.4 Å². The van der Waals surface area contributed by atoms with Crippen LogP contribution in [-0.4, -0.2) is 31.1 Å². The maximum atomic E-state index is 14.3. The average molecular weight is 580 g/mol. The SMILES string of the molecule is C[C@@H](Oc1cc(Br)cnc1[N+](=O)[O-])c1cc(F)ccc1-c1cc(F)cnc1Cc1cnn(CC(F)F)c1. The van der Waals surface area contributed by atoms with Crippen molar-refractivity contribution < 1.29 is 27.2 Å². The number of alkyl halides is 2. The van der Waals surface area contributed by atoms with Crippen LogP contribution in [0.25, 0.3) is 11.1 Å². The van der Waals surface area contributed by atoms with Gasteiger partial charge in [0.1, 0.15) is 24.3 Å². The molecule has 3 heterocycles. The molecule has 0 fully saturated rings. The first-order valence-electron chi connectivity index (χ1n) is 10.8. The molecule has 0 N–H and O–H groups in total. The highest BCUT2D eigenvalue weighted by Crippen LogP contribution is 2.36. The van der Waals surface area contributed by atoms with Gasteiger partial charge in [-0.1, -0.05) is 6.07 Å². The second-order valence-corrected chi connectivity index (χ2v) is 8.93. The Labute approximate surface area is 216 Å². The van der Waals surface area contributed by atoms with Crippen LogP contribution in [0.2, 0.25) is 0 Å². The van der Waals surface area contributed by atoms with Gasteiger partial charge in [0.25, 0.3) is 6.43 Å². The number of hydrogen-bond donors (Lipinski definition) is 0. The Morgan fingerprint density at radius 1 is 1.08 bits per heavy atom. The summed E-state index contributed by atoms with van der Waals surface area (Å²) in [5, 5.41) is 15.3. The van der Waals surface area contributed by atoms with Crippen molar-refractivity contribution in [3.63, 3.8) is 0 Å². The predicted molar refractivity (Wildman–Crippen MR) is 128 cm³/mol. The fourth-order valence-electron chi connectivity index (χ4n) is 3.78. The van der Waals surface area contributed by atoms with Gasteiger partial charge in [-0.15, -0.1) is 0 Å². The topological polar surface area (TPSA) is 96.0 Å². The summed E-state index contributed by atoms with van der Waals surface area (Å²) in [5.41, 5.74) is 1.91. The van der Waals surface area contributed by atoms with Crippen molar-refractivity contribution in [3.05, 3.63) is 98.2 Å². The van der Waals surface area contributed by atoms with Crippen molar-refractivity contribution in [2.24, 2.45) is 0 Å². The highest BCUT2D eigenvalue weighted by Gasteiger charge is 2.24. The molecular weight excluding hydrogens is 562 g/mol. The van der Waals surface area contributed by atoms with Crippen molar-refractivity contribution in [2.75, 3.05) is 0 Å². The number of benzene rings is 1. The summed E-state index contributed by atoms with van der Waals surface area (Å²) in [7, 11) is 0. The van der Waals surface area contributed by atoms with Crippen molar-refractivity contribution >= 4 is 21.7 Å². The summed E-state index contributed by atoms with van der Waals surface area (Å²) in [5.74, 6) is -1.92. The molecule has 0 aliphatic heterocycles. The number of pyridine rings is 2. The standard InChI is InChI=1S/C24H18BrF4N5O3/c1-13(37-22-5-15(25)9-31-24(22)34(35)36)19-6-16(26)2-3-18(19)20-7-17(27)10-30-21(20)4-14-8-32-33(11-14)12-23(28)29/h2-3,5-11,13,23H,4,12H2,1H3/t13-/m1/s1. The Morgan fingerprint density at radius 2 is 1.86 bits per heavy atom. The van der Waals surface area contributed by atoms with E-state index >= 15 is 0 Å². The van der Waals surface area contributed by atoms with E-state index in [0.717, 1.165) is 10.9 Å². The van der Waals surface area contributed by atoms with Crippen LogP contribution in [-0.2, 0) is 13.0 Å². The van der Waals surface area contributed by atoms with Crippen LogP contribution in [0.4, 0.5) is 23.4 Å². The zero-order valence-electron chi connectivity index (χ0n) is 19.1. The summed E-state index contributed by atoms with van der Waals surface area (Å²) in [4.78, 5) is 18.6. The molecule has 0 unspecified atom stereocenters. The molecule has 0 spiro atoms. The van der Waals surface area contributed by atoms with Crippen molar-refractivity contribution in [3.8, 4) is 16.9 Å². The molecule has 1 atom stereocenters. The lowest BCUT2D eigenvalue weighted by atomic mass is 9.93. The van der Waals surface area contributed by atoms with Gasteiger partial charge in [-0.2, -0.15) is 5.10 Å². The maximum Gasteiger partial charge on any atom is 0.406 e. The first kappa shape index (κ1) is 26.2. The van der Waals surface area contributed by atoms with Crippen molar-refractivity contribution in [1.82, 2.24) is 19.7 Å². The smallest absolute Gasteiger partial charge is 0.406 e. The van der Waals surface area contributed by atoms with Crippen LogP contribution in [0, 0.1) is 21.7 Å². The molecule has 0 radical (unpaired) electrons. The van der Waals surface area contributed by atoms with Gasteiger partial charge in [0.05, 0.1) is 22.6 Å². The second kappa shape index (κ2) is 11.0. The molecule has 4 aromatic rings. The molecule has 1 aromatic carbocycles. The van der Waals surface area contributed by atoms with E-state index in [1.165, 1.54) is 48.9 Å². The first-order valence-corrected chi connectivity index (χ1v) is 11.6. The number of halogens is 5. The molecule has 3 aromatic heterocycles. The monoisotopic (exact) mass is 579 g/mol. The quantitative estimate of drug-likeness (QED) is 0.131. The van der Waals surface area contributed by atoms with Crippen LogP contribution in [0.15, 0.2) is 59.6 Å². The van der Waals surface area contributed by atoms with Gasteiger partial charge in [0.15, 0.2) is 6.20 Å². The van der Waals surface area contributed by atoms with Gasteiger partial charge in [0.2, 0.25) is 5.75 Å². The van der Waals surface area contributed by atoms with Crippen LogP contribution < -0.4 is 4.74 Å². The van der Waals surface area contributed by atoms with E-state index in [1.54, 1.807) is 6.92 Å². The largest absolute Gasteiger partial charge is 0.478 e. The Hall–Kier alpha value is -3.87. The van der Waals surface area contributed by atoms with Crippen LogP contribution in [0.5, 0.6) is 5.75 Å². The second-order valence-electron chi connectivity index (χ2n) is 8.01. The Morgan fingerprint density at radius 3 is 2.59 bits per heavy atom. The molecule has 0 aliphatic carbocycles. The van der Waals surface area contributed by atoms with Gasteiger partial charge in [-0.25, -0.2) is 17.6 Å². The zero-order chi connectivity index (χ0) is 26.7. The molecule has 0 saturated carbocycles. The van der Waals surface area contributed by atoms with E-state index in [2.05, 4.69) is 31.0 Å². The third kappa shape index (κ3) is 6.28. The molecule has 0 amide bonds. The van der Waals surface area contributed by atoms with Crippen LogP contribution in [0.3, 0.4) is 0 Å². The summed E-state index contributed by atoms with van der Waals surface area (Å²) in [6.45, 7) is 0.987. The summed E-state index contributed by atoms with van der Waals surface area (Å²) >= 11 is 3.19. The van der Waals surface area contributed by atoms with Crippen LogP contribution in [0.1, 0.15) is 29.8 Å². The third-order valence-corrected chi connectivity index (χ3v) is 5.77. The molecule has 13 heteroatoms. The molecule has 0 bridgehead atoms. The van der Waals surface area contributed by atoms with Gasteiger partial charge < -0.3 is 14.9 Å². The Bertz CT molecular complexity index is 1450. The minimum absolute atomic E-state index is 0.131. The molecule has 8 nitrogen and oxygen atoms in total. The maximum absolute atomic E-state index is 14.3. The predicted octanol–water partition coefficient (Wildman–Crippen LogP) is 6.28.